The summed E-state index contributed by atoms with van der Waals surface area (Å²) in [6.45, 7) is 4.04. The molecule has 0 heterocycles. The lowest BCUT2D eigenvalue weighted by Crippen LogP contribution is -2.30. The fourth-order valence-electron chi connectivity index (χ4n) is 0.915. The fourth-order valence-corrected chi connectivity index (χ4v) is 0.915. The quantitative estimate of drug-likeness (QED) is 0.566. The summed E-state index contributed by atoms with van der Waals surface area (Å²) in [5.74, 6) is -1.10. The maximum Gasteiger partial charge on any atom is 0.332 e. The van der Waals surface area contributed by atoms with E-state index >= 15 is 0 Å². The molecule has 0 rings (SSSR count). The second-order valence-corrected chi connectivity index (χ2v) is 3.59. The third-order valence-corrected chi connectivity index (χ3v) is 1.62. The van der Waals surface area contributed by atoms with E-state index in [2.05, 4.69) is 5.32 Å². The molecule has 0 spiro atoms. The molecule has 14 heavy (non-hydrogen) atoms. The summed E-state index contributed by atoms with van der Waals surface area (Å²) < 4.78 is 0. The molecule has 0 radical (unpaired) electrons. The summed E-state index contributed by atoms with van der Waals surface area (Å²) in [6, 6.07) is 0. The highest BCUT2D eigenvalue weighted by Crippen LogP contribution is 1.98. The van der Waals surface area contributed by atoms with E-state index in [1.165, 1.54) is 0 Å². The molecule has 0 aromatic rings. The van der Waals surface area contributed by atoms with Crippen LogP contribution in [-0.2, 0) is 9.59 Å². The molecule has 0 bridgehead atoms. The number of carbonyl (C=O) groups is 2. The lowest BCUT2D eigenvalue weighted by molar-refractivity contribution is -0.147. The molecule has 1 atom stereocenters. The first-order chi connectivity index (χ1) is 6.43. The Morgan fingerprint density at radius 2 is 1.93 bits per heavy atom. The van der Waals surface area contributed by atoms with E-state index in [1.54, 1.807) is 0 Å². The second kappa shape index (κ2) is 6.37. The van der Waals surface area contributed by atoms with Crippen LogP contribution in [0, 0.1) is 5.92 Å². The van der Waals surface area contributed by atoms with E-state index in [-0.39, 0.29) is 24.8 Å². The highest BCUT2D eigenvalue weighted by molar-refractivity contribution is 5.76. The summed E-state index contributed by atoms with van der Waals surface area (Å²) in [4.78, 5) is 21.3. The molecule has 82 valence electrons. The SMILES string of the molecule is CC(C)CC(=O)NCC[C@H](O)C(=O)O. The summed E-state index contributed by atoms with van der Waals surface area (Å²) >= 11 is 0. The number of amides is 1. The number of aliphatic hydroxyl groups is 1. The third kappa shape index (κ3) is 6.42. The maximum atomic E-state index is 11.1. The Morgan fingerprint density at radius 1 is 1.36 bits per heavy atom. The van der Waals surface area contributed by atoms with Gasteiger partial charge >= 0.3 is 5.97 Å². The van der Waals surface area contributed by atoms with Gasteiger partial charge in [-0.1, -0.05) is 13.8 Å². The molecule has 0 saturated heterocycles. The van der Waals surface area contributed by atoms with E-state index in [0.717, 1.165) is 0 Å². The van der Waals surface area contributed by atoms with Crippen molar-refractivity contribution >= 4 is 11.9 Å². The number of carboxylic acids is 1. The first kappa shape index (κ1) is 12.9. The number of aliphatic hydroxyl groups excluding tert-OH is 1. The molecule has 0 unspecified atom stereocenters. The van der Waals surface area contributed by atoms with Crippen molar-refractivity contribution in [2.75, 3.05) is 6.54 Å². The molecule has 0 aliphatic carbocycles. The largest absolute Gasteiger partial charge is 0.479 e. The van der Waals surface area contributed by atoms with Gasteiger partial charge in [-0.3, -0.25) is 4.79 Å². The number of carbonyl (C=O) groups excluding carboxylic acids is 1. The van der Waals surface area contributed by atoms with Crippen molar-refractivity contribution in [1.29, 1.82) is 0 Å². The van der Waals surface area contributed by atoms with Crippen LogP contribution in [0.5, 0.6) is 0 Å². The Bertz CT molecular complexity index is 203. The van der Waals surface area contributed by atoms with Crippen molar-refractivity contribution in [3.63, 3.8) is 0 Å². The van der Waals surface area contributed by atoms with Crippen LogP contribution in [0.25, 0.3) is 0 Å². The van der Waals surface area contributed by atoms with Crippen molar-refractivity contribution in [2.24, 2.45) is 5.92 Å². The van der Waals surface area contributed by atoms with Gasteiger partial charge in [-0.2, -0.15) is 0 Å². The number of carboxylic acid groups (broad SMARTS) is 1. The molecule has 3 N–H and O–H groups in total. The Labute approximate surface area is 83.1 Å². The van der Waals surface area contributed by atoms with Gasteiger partial charge in [-0.05, 0) is 5.92 Å². The van der Waals surface area contributed by atoms with Gasteiger partial charge < -0.3 is 15.5 Å². The predicted octanol–water partition coefficient (Wildman–Crippen LogP) is -0.0157. The Morgan fingerprint density at radius 3 is 2.36 bits per heavy atom. The minimum atomic E-state index is -1.39. The topological polar surface area (TPSA) is 86.6 Å². The zero-order chi connectivity index (χ0) is 11.1. The van der Waals surface area contributed by atoms with Gasteiger partial charge in [0.15, 0.2) is 6.10 Å². The summed E-state index contributed by atoms with van der Waals surface area (Å²) in [7, 11) is 0. The van der Waals surface area contributed by atoms with Crippen molar-refractivity contribution in [2.45, 2.75) is 32.8 Å². The van der Waals surface area contributed by atoms with Crippen molar-refractivity contribution < 1.29 is 19.8 Å². The van der Waals surface area contributed by atoms with Crippen LogP contribution in [0.15, 0.2) is 0 Å². The first-order valence-corrected chi connectivity index (χ1v) is 4.61. The number of aliphatic carboxylic acids is 1. The highest BCUT2D eigenvalue weighted by Gasteiger charge is 2.12. The zero-order valence-electron chi connectivity index (χ0n) is 8.49. The van der Waals surface area contributed by atoms with Gasteiger partial charge in [0.2, 0.25) is 5.91 Å². The number of rotatable bonds is 6. The minimum absolute atomic E-state index is 0.0408. The summed E-state index contributed by atoms with van der Waals surface area (Å²) in [5, 5.41) is 19.7. The van der Waals surface area contributed by atoms with Crippen LogP contribution < -0.4 is 5.32 Å². The average molecular weight is 203 g/mol. The van der Waals surface area contributed by atoms with Crippen LogP contribution in [0.1, 0.15) is 26.7 Å². The number of nitrogens with one attached hydrogen (secondary N) is 1. The number of hydrogen-bond donors (Lipinski definition) is 3. The van der Waals surface area contributed by atoms with Crippen LogP contribution in [0.3, 0.4) is 0 Å². The van der Waals surface area contributed by atoms with Gasteiger partial charge in [-0.15, -0.1) is 0 Å². The molecule has 1 amide bonds. The van der Waals surface area contributed by atoms with E-state index in [0.29, 0.717) is 6.42 Å². The van der Waals surface area contributed by atoms with Crippen molar-refractivity contribution in [3.8, 4) is 0 Å². The van der Waals surface area contributed by atoms with E-state index in [4.69, 9.17) is 10.2 Å². The fraction of sp³-hybridized carbons (Fsp3) is 0.778. The molecule has 0 fully saturated rings. The van der Waals surface area contributed by atoms with Gasteiger partial charge in [0.25, 0.3) is 0 Å². The monoisotopic (exact) mass is 203 g/mol. The van der Waals surface area contributed by atoms with Crippen LogP contribution >= 0.6 is 0 Å². The molecular weight excluding hydrogens is 186 g/mol. The Hall–Kier alpha value is -1.10. The molecule has 0 saturated carbocycles. The van der Waals surface area contributed by atoms with Crippen LogP contribution in [-0.4, -0.2) is 34.7 Å². The molecule has 5 heteroatoms. The van der Waals surface area contributed by atoms with Gasteiger partial charge in [0, 0.05) is 19.4 Å². The molecule has 0 aromatic heterocycles. The third-order valence-electron chi connectivity index (χ3n) is 1.62. The van der Waals surface area contributed by atoms with Gasteiger partial charge in [0.1, 0.15) is 0 Å². The first-order valence-electron chi connectivity index (χ1n) is 4.61. The minimum Gasteiger partial charge on any atom is -0.479 e. The molecule has 0 aliphatic rings. The van der Waals surface area contributed by atoms with Gasteiger partial charge in [0.05, 0.1) is 0 Å². The zero-order valence-corrected chi connectivity index (χ0v) is 8.49. The van der Waals surface area contributed by atoms with Gasteiger partial charge in [-0.25, -0.2) is 4.79 Å². The lowest BCUT2D eigenvalue weighted by Gasteiger charge is -2.08. The van der Waals surface area contributed by atoms with E-state index in [9.17, 15) is 9.59 Å². The second-order valence-electron chi connectivity index (χ2n) is 3.59. The Balaban J connectivity index is 3.54. The van der Waals surface area contributed by atoms with Crippen molar-refractivity contribution in [3.05, 3.63) is 0 Å². The predicted molar refractivity (Wildman–Crippen MR) is 50.7 cm³/mol. The molecule has 5 nitrogen and oxygen atoms in total. The van der Waals surface area contributed by atoms with Crippen LogP contribution in [0.2, 0.25) is 0 Å². The average Bonchev–Trinajstić information content (AvgIpc) is 2.02. The lowest BCUT2D eigenvalue weighted by atomic mass is 10.1. The highest BCUT2D eigenvalue weighted by atomic mass is 16.4. The molecule has 0 aliphatic heterocycles. The number of hydrogen-bond acceptors (Lipinski definition) is 3. The van der Waals surface area contributed by atoms with Crippen molar-refractivity contribution in [1.82, 2.24) is 5.32 Å². The standard InChI is InChI=1S/C9H17NO4/c1-6(2)5-8(12)10-4-3-7(11)9(13)14/h6-7,11H,3-5H2,1-2H3,(H,10,12)(H,13,14)/t7-/m0/s1. The summed E-state index contributed by atoms with van der Waals surface area (Å²) in [6.07, 6.45) is -0.933. The normalized spacial score (nSPS) is 12.6. The summed E-state index contributed by atoms with van der Waals surface area (Å²) in [5.41, 5.74) is 0. The van der Waals surface area contributed by atoms with Crippen LogP contribution in [0.4, 0.5) is 0 Å². The maximum absolute atomic E-state index is 11.1. The smallest absolute Gasteiger partial charge is 0.332 e. The van der Waals surface area contributed by atoms with E-state index in [1.807, 2.05) is 13.8 Å². The van der Waals surface area contributed by atoms with E-state index < -0.39 is 12.1 Å². The molecule has 0 aromatic carbocycles. The Kier molecular flexibility index (Phi) is 5.87. The molecular formula is C9H17NO4.